The normalized spacial score (nSPS) is 13.9. The lowest BCUT2D eigenvalue weighted by Gasteiger charge is -2.28. The van der Waals surface area contributed by atoms with Gasteiger partial charge in [0.15, 0.2) is 0 Å². The minimum absolute atomic E-state index is 0.0363. The number of anilines is 3. The fourth-order valence-electron chi connectivity index (χ4n) is 3.01. The topological polar surface area (TPSA) is 64.7 Å². The molecule has 0 aliphatic carbocycles. The molecule has 0 bridgehead atoms. The maximum Gasteiger partial charge on any atom is 0.243 e. The van der Waals surface area contributed by atoms with Crippen molar-refractivity contribution >= 4 is 28.9 Å². The average molecular weight is 352 g/mol. The van der Waals surface area contributed by atoms with Crippen LogP contribution in [-0.2, 0) is 9.59 Å². The predicted molar refractivity (Wildman–Crippen MR) is 105 cm³/mol. The minimum Gasteiger partial charge on any atom is -0.362 e. The minimum atomic E-state index is -0.0548. The number of amides is 2. The molecule has 0 unspecified atom stereocenters. The summed E-state index contributed by atoms with van der Waals surface area (Å²) in [5, 5.41) is 5.75. The van der Waals surface area contributed by atoms with Gasteiger partial charge >= 0.3 is 0 Å². The van der Waals surface area contributed by atoms with Crippen molar-refractivity contribution < 1.29 is 9.59 Å². The number of para-hydroxylation sites is 1. The molecule has 0 radical (unpaired) electrons. The van der Waals surface area contributed by atoms with E-state index in [9.17, 15) is 9.59 Å². The van der Waals surface area contributed by atoms with Crippen molar-refractivity contribution in [3.05, 3.63) is 54.6 Å². The zero-order chi connectivity index (χ0) is 18.4. The van der Waals surface area contributed by atoms with Gasteiger partial charge in [-0.15, -0.1) is 0 Å². The number of hydrogen-bond acceptors (Lipinski definition) is 4. The quantitative estimate of drug-likeness (QED) is 0.836. The highest BCUT2D eigenvalue weighted by atomic mass is 16.2. The summed E-state index contributed by atoms with van der Waals surface area (Å²) >= 11 is 0. The maximum atomic E-state index is 12.4. The van der Waals surface area contributed by atoms with Crippen LogP contribution in [0.25, 0.3) is 0 Å². The van der Waals surface area contributed by atoms with E-state index in [4.69, 9.17) is 0 Å². The van der Waals surface area contributed by atoms with Crippen molar-refractivity contribution in [1.82, 2.24) is 5.32 Å². The molecule has 1 aliphatic rings. The Labute approximate surface area is 153 Å². The molecule has 2 aromatic carbocycles. The van der Waals surface area contributed by atoms with E-state index in [1.165, 1.54) is 0 Å². The Balaban J connectivity index is 1.58. The number of carbonyl (C=O) groups excluding carboxylic acids is 2. The molecule has 2 amide bonds. The third kappa shape index (κ3) is 4.53. The number of benzene rings is 2. The lowest BCUT2D eigenvalue weighted by atomic mass is 10.2. The van der Waals surface area contributed by atoms with Crippen molar-refractivity contribution in [3.63, 3.8) is 0 Å². The Kier molecular flexibility index (Phi) is 5.73. The molecule has 6 heteroatoms. The van der Waals surface area contributed by atoms with Crippen LogP contribution in [0.3, 0.4) is 0 Å². The number of carbonyl (C=O) groups is 2. The van der Waals surface area contributed by atoms with Crippen molar-refractivity contribution in [1.29, 1.82) is 0 Å². The highest BCUT2D eigenvalue weighted by molar-refractivity contribution is 5.94. The van der Waals surface area contributed by atoms with Gasteiger partial charge in [0, 0.05) is 36.7 Å². The number of likely N-dealkylation sites (N-methyl/N-ethyl adjacent to an activating group) is 1. The van der Waals surface area contributed by atoms with Gasteiger partial charge < -0.3 is 20.4 Å². The molecule has 2 aromatic rings. The molecule has 3 rings (SSSR count). The van der Waals surface area contributed by atoms with E-state index in [-0.39, 0.29) is 11.8 Å². The molecule has 6 nitrogen and oxygen atoms in total. The van der Waals surface area contributed by atoms with Crippen LogP contribution < -0.4 is 20.4 Å². The lowest BCUT2D eigenvalue weighted by molar-refractivity contribution is -0.120. The largest absolute Gasteiger partial charge is 0.362 e. The number of nitrogens with zero attached hydrogens (tertiary/aromatic N) is 2. The van der Waals surface area contributed by atoms with Gasteiger partial charge in [-0.1, -0.05) is 18.2 Å². The summed E-state index contributed by atoms with van der Waals surface area (Å²) < 4.78 is 0. The van der Waals surface area contributed by atoms with Gasteiger partial charge in [0.1, 0.15) is 0 Å². The molecule has 1 heterocycles. The van der Waals surface area contributed by atoms with Crippen LogP contribution in [0.5, 0.6) is 0 Å². The van der Waals surface area contributed by atoms with Crippen LogP contribution in [0, 0.1) is 0 Å². The molecular formula is C20H24N4O2. The summed E-state index contributed by atoms with van der Waals surface area (Å²) in [7, 11) is 0. The van der Waals surface area contributed by atoms with Crippen LogP contribution in [0.1, 0.15) is 6.92 Å². The zero-order valence-electron chi connectivity index (χ0n) is 14.9. The van der Waals surface area contributed by atoms with Crippen molar-refractivity contribution in [2.45, 2.75) is 6.92 Å². The first kappa shape index (κ1) is 17.8. The van der Waals surface area contributed by atoms with E-state index < -0.39 is 0 Å². The van der Waals surface area contributed by atoms with E-state index in [1.807, 2.05) is 71.3 Å². The predicted octanol–water partition coefficient (Wildman–Crippen LogP) is 2.09. The highest BCUT2D eigenvalue weighted by Gasteiger charge is 2.16. The Morgan fingerprint density at radius 2 is 1.88 bits per heavy atom. The molecule has 0 aromatic heterocycles. The van der Waals surface area contributed by atoms with Gasteiger partial charge in [0.25, 0.3) is 0 Å². The van der Waals surface area contributed by atoms with Crippen molar-refractivity contribution in [2.75, 3.05) is 47.8 Å². The second-order valence-corrected chi connectivity index (χ2v) is 6.22. The van der Waals surface area contributed by atoms with Gasteiger partial charge in [-0.2, -0.15) is 0 Å². The second kappa shape index (κ2) is 8.38. The Bertz CT molecular complexity index is 746. The van der Waals surface area contributed by atoms with Gasteiger partial charge in [0.2, 0.25) is 11.8 Å². The molecule has 136 valence electrons. The van der Waals surface area contributed by atoms with Crippen LogP contribution in [-0.4, -0.2) is 44.5 Å². The fraction of sp³-hybridized carbons (Fsp3) is 0.300. The van der Waals surface area contributed by atoms with E-state index in [0.29, 0.717) is 19.6 Å². The third-order valence-corrected chi connectivity index (χ3v) is 4.39. The fourth-order valence-corrected chi connectivity index (χ4v) is 3.01. The van der Waals surface area contributed by atoms with Crippen molar-refractivity contribution in [2.24, 2.45) is 0 Å². The average Bonchev–Trinajstić information content (AvgIpc) is 2.67. The summed E-state index contributed by atoms with van der Waals surface area (Å²) in [5.41, 5.74) is 2.77. The van der Waals surface area contributed by atoms with E-state index >= 15 is 0 Å². The first-order valence-corrected chi connectivity index (χ1v) is 8.87. The summed E-state index contributed by atoms with van der Waals surface area (Å²) in [4.78, 5) is 27.9. The van der Waals surface area contributed by atoms with Crippen LogP contribution in [0.2, 0.25) is 0 Å². The van der Waals surface area contributed by atoms with Crippen LogP contribution in [0.4, 0.5) is 17.1 Å². The van der Waals surface area contributed by atoms with E-state index in [2.05, 4.69) is 10.6 Å². The molecule has 0 saturated carbocycles. The van der Waals surface area contributed by atoms with Crippen LogP contribution in [0.15, 0.2) is 54.6 Å². The smallest absolute Gasteiger partial charge is 0.243 e. The second-order valence-electron chi connectivity index (χ2n) is 6.22. The standard InChI is InChI=1S/C20H24N4O2/c1-2-23(17-6-4-3-5-7-17)15-20(26)22-16-8-10-18(11-9-16)24-13-12-21-19(25)14-24/h3-11H,2,12-15H2,1H3,(H,21,25)(H,22,26). The first-order valence-electron chi connectivity index (χ1n) is 8.87. The maximum absolute atomic E-state index is 12.4. The summed E-state index contributed by atoms with van der Waals surface area (Å²) in [6, 6.07) is 17.5. The molecule has 1 aliphatic heterocycles. The molecule has 0 atom stereocenters. The number of rotatable bonds is 6. The van der Waals surface area contributed by atoms with Gasteiger partial charge in [0.05, 0.1) is 13.1 Å². The van der Waals surface area contributed by atoms with Gasteiger partial charge in [-0.3, -0.25) is 9.59 Å². The molecule has 1 saturated heterocycles. The molecule has 0 spiro atoms. The molecular weight excluding hydrogens is 328 g/mol. The van der Waals surface area contributed by atoms with E-state index in [1.54, 1.807) is 0 Å². The van der Waals surface area contributed by atoms with Crippen molar-refractivity contribution in [3.8, 4) is 0 Å². The number of nitrogens with one attached hydrogen (secondary N) is 2. The molecule has 1 fully saturated rings. The summed E-state index contributed by atoms with van der Waals surface area (Å²) in [5.74, 6) is -0.0185. The Morgan fingerprint density at radius 1 is 1.15 bits per heavy atom. The molecule has 2 N–H and O–H groups in total. The summed E-state index contributed by atoms with van der Waals surface area (Å²) in [6.45, 7) is 4.91. The van der Waals surface area contributed by atoms with Crippen LogP contribution >= 0.6 is 0 Å². The van der Waals surface area contributed by atoms with Gasteiger partial charge in [-0.05, 0) is 43.3 Å². The van der Waals surface area contributed by atoms with Gasteiger partial charge in [-0.25, -0.2) is 0 Å². The monoisotopic (exact) mass is 352 g/mol. The SMILES string of the molecule is CCN(CC(=O)Nc1ccc(N2CCNC(=O)C2)cc1)c1ccccc1. The first-order chi connectivity index (χ1) is 12.7. The zero-order valence-corrected chi connectivity index (χ0v) is 14.9. The highest BCUT2D eigenvalue weighted by Crippen LogP contribution is 2.19. The Morgan fingerprint density at radius 3 is 2.54 bits per heavy atom. The number of hydrogen-bond donors (Lipinski definition) is 2. The lowest BCUT2D eigenvalue weighted by Crippen LogP contribution is -2.47. The summed E-state index contributed by atoms with van der Waals surface area (Å²) in [6.07, 6.45) is 0. The van der Waals surface area contributed by atoms with E-state index in [0.717, 1.165) is 30.2 Å². The third-order valence-electron chi connectivity index (χ3n) is 4.39. The number of piperazine rings is 1. The Hall–Kier alpha value is -3.02. The molecule has 26 heavy (non-hydrogen) atoms.